The van der Waals surface area contributed by atoms with Gasteiger partial charge in [-0.2, -0.15) is 0 Å². The quantitative estimate of drug-likeness (QED) is 0.537. The monoisotopic (exact) mass is 402 g/mol. The van der Waals surface area contributed by atoms with Crippen molar-refractivity contribution in [3.8, 4) is 11.5 Å². The minimum atomic E-state index is -0.528. The maximum absolute atomic E-state index is 13.0. The molecule has 0 radical (unpaired) electrons. The van der Waals surface area contributed by atoms with E-state index in [0.29, 0.717) is 34.7 Å². The number of pyridine rings is 1. The Bertz CT molecular complexity index is 1350. The average molecular weight is 402 g/mol. The Morgan fingerprint density at radius 1 is 1.10 bits per heavy atom. The summed E-state index contributed by atoms with van der Waals surface area (Å²) in [5.41, 5.74) is 2.29. The number of imidazole rings is 2. The van der Waals surface area contributed by atoms with Gasteiger partial charge in [-0.3, -0.25) is 8.97 Å². The third-order valence-corrected chi connectivity index (χ3v) is 7.59. The number of H-pyrrole nitrogens is 1. The topological polar surface area (TPSA) is 101 Å². The lowest BCUT2D eigenvalue weighted by Gasteiger charge is -2.58. The van der Waals surface area contributed by atoms with Crippen LogP contribution in [0.25, 0.3) is 28.3 Å². The molecule has 2 atom stereocenters. The van der Waals surface area contributed by atoms with Gasteiger partial charge in [-0.15, -0.1) is 0 Å². The van der Waals surface area contributed by atoms with E-state index in [9.17, 15) is 9.90 Å². The molecule has 8 rings (SSSR count). The van der Waals surface area contributed by atoms with Crippen LogP contribution in [-0.2, 0) is 0 Å². The standard InChI is InChI=1S/C22H22N6O2/c29-21-25-15-10-24-19(16-11-23-17-3-1-2-4-27(16)17)26-20(15)28(21)18-13-5-12-6-14(18)9-22(30,7-12)8-13/h1-4,10-14,18,30H,5-9H2,(H,25,29)/t12?,13-,14-,18?,22?/m0/s1. The first-order chi connectivity index (χ1) is 14.6. The smallest absolute Gasteiger partial charge is 0.327 e. The number of nitrogens with one attached hydrogen (secondary N) is 1. The van der Waals surface area contributed by atoms with Gasteiger partial charge in [0.1, 0.15) is 16.9 Å². The van der Waals surface area contributed by atoms with Crippen LogP contribution in [0.4, 0.5) is 0 Å². The summed E-state index contributed by atoms with van der Waals surface area (Å²) in [6.07, 6.45) is 10.1. The van der Waals surface area contributed by atoms with Gasteiger partial charge in [0.25, 0.3) is 0 Å². The second kappa shape index (κ2) is 5.57. The van der Waals surface area contributed by atoms with E-state index in [1.165, 1.54) is 0 Å². The Morgan fingerprint density at radius 3 is 2.73 bits per heavy atom. The van der Waals surface area contributed by atoms with Crippen LogP contribution in [0.2, 0.25) is 0 Å². The molecule has 2 N–H and O–H groups in total. The summed E-state index contributed by atoms with van der Waals surface area (Å²) >= 11 is 0. The van der Waals surface area contributed by atoms with Gasteiger partial charge in [0, 0.05) is 12.2 Å². The molecular formula is C22H22N6O2. The molecule has 4 fully saturated rings. The first-order valence-electron chi connectivity index (χ1n) is 10.7. The molecule has 4 aromatic rings. The zero-order valence-corrected chi connectivity index (χ0v) is 16.4. The molecular weight excluding hydrogens is 380 g/mol. The molecule has 4 aromatic heterocycles. The van der Waals surface area contributed by atoms with Gasteiger partial charge >= 0.3 is 5.69 Å². The van der Waals surface area contributed by atoms with E-state index < -0.39 is 5.60 Å². The summed E-state index contributed by atoms with van der Waals surface area (Å²) in [4.78, 5) is 29.7. The van der Waals surface area contributed by atoms with E-state index in [1.807, 2.05) is 33.4 Å². The number of hydrogen-bond donors (Lipinski definition) is 2. The average Bonchev–Trinajstić information content (AvgIpc) is 3.27. The van der Waals surface area contributed by atoms with Gasteiger partial charge in [-0.05, 0) is 62.0 Å². The van der Waals surface area contributed by atoms with Crippen molar-refractivity contribution in [2.24, 2.45) is 17.8 Å². The number of aromatic amines is 1. The van der Waals surface area contributed by atoms with Gasteiger partial charge in [-0.25, -0.2) is 19.7 Å². The lowest BCUT2D eigenvalue weighted by Crippen LogP contribution is -2.55. The van der Waals surface area contributed by atoms with E-state index in [-0.39, 0.29) is 11.7 Å². The van der Waals surface area contributed by atoms with Crippen molar-refractivity contribution in [3.05, 3.63) is 47.3 Å². The Kier molecular flexibility index (Phi) is 3.11. The molecule has 4 heterocycles. The molecule has 0 unspecified atom stereocenters. The molecule has 4 aliphatic carbocycles. The van der Waals surface area contributed by atoms with E-state index in [4.69, 9.17) is 4.98 Å². The lowest BCUT2D eigenvalue weighted by atomic mass is 9.52. The first-order valence-corrected chi connectivity index (χ1v) is 10.7. The van der Waals surface area contributed by atoms with Gasteiger partial charge in [0.2, 0.25) is 0 Å². The number of hydrogen-bond acceptors (Lipinski definition) is 5. The van der Waals surface area contributed by atoms with Crippen LogP contribution in [0.5, 0.6) is 0 Å². The molecule has 8 heteroatoms. The second-order valence-electron chi connectivity index (χ2n) is 9.49. The van der Waals surface area contributed by atoms with Gasteiger partial charge in [0.05, 0.1) is 18.0 Å². The molecule has 4 bridgehead atoms. The zero-order chi connectivity index (χ0) is 20.0. The van der Waals surface area contributed by atoms with Crippen molar-refractivity contribution in [1.29, 1.82) is 0 Å². The Morgan fingerprint density at radius 2 is 1.93 bits per heavy atom. The van der Waals surface area contributed by atoms with Crippen molar-refractivity contribution in [3.63, 3.8) is 0 Å². The Hall–Kier alpha value is -3.00. The maximum atomic E-state index is 13.0. The minimum Gasteiger partial charge on any atom is -0.390 e. The van der Waals surface area contributed by atoms with Gasteiger partial charge in [-0.1, -0.05) is 6.07 Å². The molecule has 4 aliphatic rings. The highest BCUT2D eigenvalue weighted by molar-refractivity contribution is 5.72. The molecule has 0 amide bonds. The van der Waals surface area contributed by atoms with Crippen molar-refractivity contribution in [2.45, 2.75) is 43.7 Å². The van der Waals surface area contributed by atoms with Crippen LogP contribution in [0, 0.1) is 17.8 Å². The van der Waals surface area contributed by atoms with Crippen LogP contribution < -0.4 is 5.69 Å². The Balaban J connectivity index is 1.39. The summed E-state index contributed by atoms with van der Waals surface area (Å²) in [5.74, 6) is 1.80. The highest BCUT2D eigenvalue weighted by atomic mass is 16.3. The van der Waals surface area contributed by atoms with Crippen LogP contribution >= 0.6 is 0 Å². The van der Waals surface area contributed by atoms with Crippen LogP contribution in [-0.4, -0.2) is 39.6 Å². The largest absolute Gasteiger partial charge is 0.390 e. The van der Waals surface area contributed by atoms with E-state index in [1.54, 1.807) is 12.4 Å². The predicted octanol–water partition coefficient (Wildman–Crippen LogP) is 2.55. The molecule has 0 aromatic carbocycles. The fourth-order valence-electron chi connectivity index (χ4n) is 6.79. The summed E-state index contributed by atoms with van der Waals surface area (Å²) < 4.78 is 3.81. The highest BCUT2D eigenvalue weighted by Gasteiger charge is 2.55. The number of nitrogens with zero attached hydrogens (tertiary/aromatic N) is 5. The SMILES string of the molecule is O=c1[nH]c2cnc(-c3cnc4ccccn34)nc2n1C1[C@H]2CC3C[C@H]1CC(O)(C3)C2. The summed E-state index contributed by atoms with van der Waals surface area (Å²) in [6.45, 7) is 0. The lowest BCUT2D eigenvalue weighted by molar-refractivity contribution is -0.146. The van der Waals surface area contributed by atoms with Crippen LogP contribution in [0.15, 0.2) is 41.6 Å². The number of fused-ring (bicyclic) bond motifs is 2. The normalized spacial score (nSPS) is 32.4. The van der Waals surface area contributed by atoms with E-state index in [0.717, 1.165) is 43.4 Å². The second-order valence-corrected chi connectivity index (χ2v) is 9.49. The first kappa shape index (κ1) is 16.8. The maximum Gasteiger partial charge on any atom is 0.327 e. The molecule has 30 heavy (non-hydrogen) atoms. The van der Waals surface area contributed by atoms with Crippen LogP contribution in [0.3, 0.4) is 0 Å². The molecule has 4 saturated carbocycles. The fourth-order valence-corrected chi connectivity index (χ4v) is 6.79. The molecule has 152 valence electrons. The Labute approximate surface area is 171 Å². The highest BCUT2D eigenvalue weighted by Crippen LogP contribution is 2.59. The number of aromatic nitrogens is 6. The summed E-state index contributed by atoms with van der Waals surface area (Å²) in [7, 11) is 0. The molecule has 8 nitrogen and oxygen atoms in total. The van der Waals surface area contributed by atoms with E-state index in [2.05, 4.69) is 15.0 Å². The zero-order valence-electron chi connectivity index (χ0n) is 16.4. The van der Waals surface area contributed by atoms with E-state index >= 15 is 0 Å². The van der Waals surface area contributed by atoms with Crippen molar-refractivity contribution in [2.75, 3.05) is 0 Å². The van der Waals surface area contributed by atoms with Crippen LogP contribution in [0.1, 0.15) is 38.1 Å². The predicted molar refractivity (Wildman–Crippen MR) is 110 cm³/mol. The van der Waals surface area contributed by atoms with Gasteiger partial charge < -0.3 is 10.1 Å². The van der Waals surface area contributed by atoms with Crippen molar-refractivity contribution in [1.82, 2.24) is 28.9 Å². The third-order valence-electron chi connectivity index (χ3n) is 7.59. The molecule has 0 spiro atoms. The number of rotatable bonds is 2. The summed E-state index contributed by atoms with van der Waals surface area (Å²) in [5, 5.41) is 10.9. The number of aliphatic hydroxyl groups is 1. The molecule has 0 aliphatic heterocycles. The van der Waals surface area contributed by atoms with Crippen molar-refractivity contribution >= 4 is 16.8 Å². The fraction of sp³-hybridized carbons (Fsp3) is 0.455. The summed E-state index contributed by atoms with van der Waals surface area (Å²) in [6, 6.07) is 5.92. The minimum absolute atomic E-state index is 0.0907. The molecule has 0 saturated heterocycles. The third kappa shape index (κ3) is 2.19. The van der Waals surface area contributed by atoms with Gasteiger partial charge in [0.15, 0.2) is 11.5 Å². The van der Waals surface area contributed by atoms with Crippen molar-refractivity contribution < 1.29 is 5.11 Å².